The molecule has 0 aromatic carbocycles. The van der Waals surface area contributed by atoms with Crippen LogP contribution in [0.15, 0.2) is 5.38 Å². The van der Waals surface area contributed by atoms with E-state index in [1.54, 1.807) is 12.4 Å². The van der Waals surface area contributed by atoms with Crippen molar-refractivity contribution in [1.29, 1.82) is 0 Å². The van der Waals surface area contributed by atoms with Gasteiger partial charge in [-0.2, -0.15) is 0 Å². The van der Waals surface area contributed by atoms with Gasteiger partial charge in [0.15, 0.2) is 4.47 Å². The van der Waals surface area contributed by atoms with Crippen molar-refractivity contribution < 1.29 is 4.79 Å². The molecular weight excluding hydrogens is 208 g/mol. The largest absolute Gasteiger partial charge is 0.329 e. The molecule has 0 N–H and O–H groups in total. The Balaban J connectivity index is 2.74. The molecule has 0 bridgehead atoms. The summed E-state index contributed by atoms with van der Waals surface area (Å²) in [6, 6.07) is 0. The van der Waals surface area contributed by atoms with Gasteiger partial charge < -0.3 is 4.90 Å². The average Bonchev–Trinajstić information content (AvgIpc) is 2.51. The summed E-state index contributed by atoms with van der Waals surface area (Å²) >= 11 is 6.81. The first-order valence-corrected chi connectivity index (χ1v) is 4.71. The van der Waals surface area contributed by atoms with Gasteiger partial charge in [-0.25, -0.2) is 4.98 Å². The molecule has 1 heterocycles. The molecule has 1 rings (SSSR count). The number of hydrogen-bond donors (Lipinski definition) is 0. The Labute approximate surface area is 85.3 Å². The maximum Gasteiger partial charge on any atom is 0.273 e. The SMILES string of the molecule is C#CCN(C)C(=O)c1csc(Cl)n1. The predicted molar refractivity (Wildman–Crippen MR) is 52.9 cm³/mol. The van der Waals surface area contributed by atoms with Crippen LogP contribution in [0.25, 0.3) is 0 Å². The molecule has 0 saturated carbocycles. The average molecular weight is 215 g/mol. The zero-order chi connectivity index (χ0) is 9.84. The minimum Gasteiger partial charge on any atom is -0.329 e. The molecular formula is C8H7ClN2OS. The minimum absolute atomic E-state index is 0.207. The molecule has 5 heteroatoms. The molecule has 1 amide bonds. The predicted octanol–water partition coefficient (Wildman–Crippen LogP) is 1.50. The van der Waals surface area contributed by atoms with Crippen molar-refractivity contribution in [3.8, 4) is 12.3 Å². The molecule has 0 fully saturated rings. The van der Waals surface area contributed by atoms with E-state index < -0.39 is 0 Å². The highest BCUT2D eigenvalue weighted by atomic mass is 35.5. The van der Waals surface area contributed by atoms with Gasteiger partial charge in [0.05, 0.1) is 6.54 Å². The Bertz CT molecular complexity index is 355. The van der Waals surface area contributed by atoms with Crippen LogP contribution in [0.5, 0.6) is 0 Å². The first kappa shape index (κ1) is 10.0. The van der Waals surface area contributed by atoms with E-state index in [1.807, 2.05) is 0 Å². The maximum atomic E-state index is 11.5. The van der Waals surface area contributed by atoms with Crippen LogP contribution in [0.4, 0.5) is 0 Å². The Morgan fingerprint density at radius 2 is 2.62 bits per heavy atom. The molecule has 13 heavy (non-hydrogen) atoms. The molecule has 1 aromatic rings. The fraction of sp³-hybridized carbons (Fsp3) is 0.250. The fourth-order valence-electron chi connectivity index (χ4n) is 0.754. The number of thiazole rings is 1. The number of terminal acetylenes is 1. The summed E-state index contributed by atoms with van der Waals surface area (Å²) in [5.74, 6) is 2.17. The highest BCUT2D eigenvalue weighted by Crippen LogP contribution is 2.15. The van der Waals surface area contributed by atoms with Gasteiger partial charge in [-0.3, -0.25) is 4.79 Å². The van der Waals surface area contributed by atoms with Gasteiger partial charge in [0, 0.05) is 12.4 Å². The number of amides is 1. The van der Waals surface area contributed by atoms with Crippen LogP contribution < -0.4 is 0 Å². The lowest BCUT2D eigenvalue weighted by Gasteiger charge is -2.10. The molecule has 0 atom stereocenters. The van der Waals surface area contributed by atoms with Gasteiger partial charge in [-0.05, 0) is 0 Å². The van der Waals surface area contributed by atoms with Crippen LogP contribution in [0.1, 0.15) is 10.5 Å². The number of nitrogens with zero attached hydrogens (tertiary/aromatic N) is 2. The molecule has 0 spiro atoms. The van der Waals surface area contributed by atoms with E-state index in [9.17, 15) is 4.79 Å². The Morgan fingerprint density at radius 1 is 1.92 bits per heavy atom. The van der Waals surface area contributed by atoms with Crippen LogP contribution in [-0.4, -0.2) is 29.4 Å². The van der Waals surface area contributed by atoms with Gasteiger partial charge in [-0.15, -0.1) is 17.8 Å². The van der Waals surface area contributed by atoms with E-state index in [4.69, 9.17) is 18.0 Å². The topological polar surface area (TPSA) is 33.2 Å². The van der Waals surface area contributed by atoms with Crippen molar-refractivity contribution in [2.45, 2.75) is 0 Å². The second kappa shape index (κ2) is 4.26. The summed E-state index contributed by atoms with van der Waals surface area (Å²) in [7, 11) is 1.62. The zero-order valence-corrected chi connectivity index (χ0v) is 8.52. The molecule has 68 valence electrons. The molecule has 1 aromatic heterocycles. The zero-order valence-electron chi connectivity index (χ0n) is 6.95. The molecule has 0 radical (unpaired) electrons. The highest BCUT2D eigenvalue weighted by Gasteiger charge is 2.13. The third-order valence-electron chi connectivity index (χ3n) is 1.37. The second-order valence-corrected chi connectivity index (χ2v) is 3.79. The number of aromatic nitrogens is 1. The van der Waals surface area contributed by atoms with Crippen molar-refractivity contribution >= 4 is 28.8 Å². The lowest BCUT2D eigenvalue weighted by molar-refractivity contribution is 0.0807. The maximum absolute atomic E-state index is 11.5. The fourth-order valence-corrected chi connectivity index (χ4v) is 1.49. The quantitative estimate of drug-likeness (QED) is 0.700. The Hall–Kier alpha value is -1.05. The van der Waals surface area contributed by atoms with Gasteiger partial charge in [-0.1, -0.05) is 17.5 Å². The van der Waals surface area contributed by atoms with Crippen LogP contribution in [0, 0.1) is 12.3 Å². The number of carbonyl (C=O) groups excluding carboxylic acids is 1. The van der Waals surface area contributed by atoms with Crippen molar-refractivity contribution in [1.82, 2.24) is 9.88 Å². The summed E-state index contributed by atoms with van der Waals surface area (Å²) in [5, 5.41) is 1.61. The summed E-state index contributed by atoms with van der Waals surface area (Å²) in [6.07, 6.45) is 5.06. The monoisotopic (exact) mass is 214 g/mol. The van der Waals surface area contributed by atoms with Crippen LogP contribution in [-0.2, 0) is 0 Å². The number of rotatable bonds is 2. The molecule has 0 saturated heterocycles. The van der Waals surface area contributed by atoms with Gasteiger partial charge >= 0.3 is 0 Å². The first-order valence-electron chi connectivity index (χ1n) is 3.45. The lowest BCUT2D eigenvalue weighted by Crippen LogP contribution is -2.27. The highest BCUT2D eigenvalue weighted by molar-refractivity contribution is 7.14. The van der Waals surface area contributed by atoms with E-state index in [1.165, 1.54) is 16.2 Å². The normalized spacial score (nSPS) is 9.31. The summed E-state index contributed by atoms with van der Waals surface area (Å²) < 4.78 is 0.359. The summed E-state index contributed by atoms with van der Waals surface area (Å²) in [5.41, 5.74) is 0.341. The van der Waals surface area contributed by atoms with Gasteiger partial charge in [0.2, 0.25) is 0 Å². The van der Waals surface area contributed by atoms with Crippen LogP contribution >= 0.6 is 22.9 Å². The van der Waals surface area contributed by atoms with Gasteiger partial charge in [0.1, 0.15) is 5.69 Å². The third kappa shape index (κ3) is 2.44. The van der Waals surface area contributed by atoms with E-state index in [0.29, 0.717) is 10.2 Å². The van der Waals surface area contributed by atoms with Crippen molar-refractivity contribution in [3.63, 3.8) is 0 Å². The lowest BCUT2D eigenvalue weighted by atomic mass is 10.4. The van der Waals surface area contributed by atoms with Crippen LogP contribution in [0.2, 0.25) is 4.47 Å². The minimum atomic E-state index is -0.207. The van der Waals surface area contributed by atoms with Crippen molar-refractivity contribution in [2.24, 2.45) is 0 Å². The van der Waals surface area contributed by atoms with Crippen molar-refractivity contribution in [2.75, 3.05) is 13.6 Å². The molecule has 0 aliphatic heterocycles. The van der Waals surface area contributed by atoms with Crippen molar-refractivity contribution in [3.05, 3.63) is 15.5 Å². The molecule has 0 aliphatic carbocycles. The van der Waals surface area contributed by atoms with Crippen LogP contribution in [0.3, 0.4) is 0 Å². The van der Waals surface area contributed by atoms with E-state index in [2.05, 4.69) is 10.9 Å². The standard InChI is InChI=1S/C8H7ClN2OS/c1-3-4-11(2)7(12)6-5-13-8(9)10-6/h1,5H,4H2,2H3. The molecule has 0 unspecified atom stereocenters. The van der Waals surface area contributed by atoms with E-state index in [0.717, 1.165) is 0 Å². The summed E-state index contributed by atoms with van der Waals surface area (Å²) in [4.78, 5) is 16.7. The number of carbonyl (C=O) groups is 1. The summed E-state index contributed by atoms with van der Waals surface area (Å²) in [6.45, 7) is 0.272. The second-order valence-electron chi connectivity index (χ2n) is 2.35. The van der Waals surface area contributed by atoms with E-state index in [-0.39, 0.29) is 12.5 Å². The third-order valence-corrected chi connectivity index (χ3v) is 2.35. The Kier molecular flexibility index (Phi) is 3.29. The van der Waals surface area contributed by atoms with E-state index >= 15 is 0 Å². The Morgan fingerprint density at radius 3 is 3.08 bits per heavy atom. The smallest absolute Gasteiger partial charge is 0.273 e. The number of hydrogen-bond acceptors (Lipinski definition) is 3. The van der Waals surface area contributed by atoms with Gasteiger partial charge in [0.25, 0.3) is 5.91 Å². The number of halogens is 1. The molecule has 0 aliphatic rings. The first-order chi connectivity index (χ1) is 6.15. The molecule has 3 nitrogen and oxygen atoms in total.